The first-order valence-electron chi connectivity index (χ1n) is 8.87. The van der Waals surface area contributed by atoms with Gasteiger partial charge in [0.1, 0.15) is 0 Å². The van der Waals surface area contributed by atoms with E-state index in [1.807, 2.05) is 0 Å². The van der Waals surface area contributed by atoms with E-state index in [2.05, 4.69) is 50.4 Å². The number of hydrogen-bond acceptors (Lipinski definition) is 1. The fraction of sp³-hybridized carbons (Fsp3) is 0.700. The van der Waals surface area contributed by atoms with Gasteiger partial charge in [-0.15, -0.1) is 0 Å². The van der Waals surface area contributed by atoms with Gasteiger partial charge in [-0.3, -0.25) is 0 Å². The van der Waals surface area contributed by atoms with E-state index in [1.54, 1.807) is 11.1 Å². The van der Waals surface area contributed by atoms with Crippen LogP contribution in [0.2, 0.25) is 0 Å². The molecule has 1 fully saturated rings. The Morgan fingerprint density at radius 1 is 1.10 bits per heavy atom. The van der Waals surface area contributed by atoms with Crippen LogP contribution in [-0.2, 0) is 6.42 Å². The number of fused-ring (bicyclic) bond motifs is 1. The first-order chi connectivity index (χ1) is 10.1. The third-order valence-corrected chi connectivity index (χ3v) is 5.93. The molecule has 116 valence electrons. The lowest BCUT2D eigenvalue weighted by atomic mass is 9.70. The summed E-state index contributed by atoms with van der Waals surface area (Å²) in [6.07, 6.45) is 8.23. The summed E-state index contributed by atoms with van der Waals surface area (Å²) < 4.78 is 0. The highest BCUT2D eigenvalue weighted by molar-refractivity contribution is 5.34. The molecule has 1 aromatic rings. The minimum Gasteiger partial charge on any atom is -0.309 e. The predicted molar refractivity (Wildman–Crippen MR) is 90.4 cm³/mol. The molecule has 1 heteroatoms. The van der Waals surface area contributed by atoms with Crippen molar-refractivity contribution >= 4 is 0 Å². The molecule has 1 saturated carbocycles. The zero-order valence-electron chi connectivity index (χ0n) is 14.0. The van der Waals surface area contributed by atoms with Gasteiger partial charge in [-0.25, -0.2) is 0 Å². The Bertz CT molecular complexity index is 468. The summed E-state index contributed by atoms with van der Waals surface area (Å²) in [5.74, 6) is 1.85. The molecule has 0 amide bonds. The largest absolute Gasteiger partial charge is 0.309 e. The van der Waals surface area contributed by atoms with Crippen LogP contribution < -0.4 is 5.32 Å². The molecule has 0 aromatic heterocycles. The standard InChI is InChI=1S/C20H31N/c1-15-8-10-16(11-9-15)14-21-19-18-7-5-4-6-17(18)12-13-20(19,2)3/h4-7,15-16,19,21H,8-14H2,1-3H3. The predicted octanol–water partition coefficient (Wildman–Crippen LogP) is 5.12. The van der Waals surface area contributed by atoms with Crippen molar-refractivity contribution in [3.63, 3.8) is 0 Å². The number of rotatable bonds is 3. The Hall–Kier alpha value is -0.820. The summed E-state index contributed by atoms with van der Waals surface area (Å²) in [5, 5.41) is 3.95. The van der Waals surface area contributed by atoms with E-state index in [0.717, 1.165) is 11.8 Å². The number of benzene rings is 1. The van der Waals surface area contributed by atoms with Crippen LogP contribution in [0.5, 0.6) is 0 Å². The smallest absolute Gasteiger partial charge is 0.0374 e. The molecule has 3 rings (SSSR count). The Morgan fingerprint density at radius 3 is 2.57 bits per heavy atom. The maximum Gasteiger partial charge on any atom is 0.0374 e. The van der Waals surface area contributed by atoms with Gasteiger partial charge in [0.15, 0.2) is 0 Å². The molecule has 1 unspecified atom stereocenters. The highest BCUT2D eigenvalue weighted by atomic mass is 14.9. The Morgan fingerprint density at radius 2 is 1.81 bits per heavy atom. The Kier molecular flexibility index (Phi) is 4.40. The minimum absolute atomic E-state index is 0.371. The van der Waals surface area contributed by atoms with E-state index in [9.17, 15) is 0 Å². The maximum absolute atomic E-state index is 3.95. The molecule has 1 N–H and O–H groups in total. The molecular weight excluding hydrogens is 254 g/mol. The summed E-state index contributed by atoms with van der Waals surface area (Å²) >= 11 is 0. The van der Waals surface area contributed by atoms with Crippen molar-refractivity contribution in [3.8, 4) is 0 Å². The van der Waals surface area contributed by atoms with Crippen molar-refractivity contribution in [3.05, 3.63) is 35.4 Å². The van der Waals surface area contributed by atoms with Crippen molar-refractivity contribution in [2.24, 2.45) is 17.3 Å². The molecule has 21 heavy (non-hydrogen) atoms. The summed E-state index contributed by atoms with van der Waals surface area (Å²) in [6.45, 7) is 8.48. The van der Waals surface area contributed by atoms with Gasteiger partial charge in [-0.05, 0) is 60.6 Å². The second kappa shape index (κ2) is 6.12. The van der Waals surface area contributed by atoms with Crippen molar-refractivity contribution < 1.29 is 0 Å². The van der Waals surface area contributed by atoms with Gasteiger partial charge in [-0.2, -0.15) is 0 Å². The van der Waals surface area contributed by atoms with Crippen LogP contribution in [0.1, 0.15) is 70.0 Å². The molecule has 0 aliphatic heterocycles. The first kappa shape index (κ1) is 15.1. The lowest BCUT2D eigenvalue weighted by Gasteiger charge is -2.41. The third kappa shape index (κ3) is 3.34. The second-order valence-corrected chi connectivity index (χ2v) is 8.15. The summed E-state index contributed by atoms with van der Waals surface area (Å²) in [5.41, 5.74) is 3.49. The number of nitrogens with one attached hydrogen (secondary N) is 1. The molecule has 0 heterocycles. The molecule has 0 saturated heterocycles. The van der Waals surface area contributed by atoms with Gasteiger partial charge in [0.05, 0.1) is 0 Å². The zero-order valence-corrected chi connectivity index (χ0v) is 14.0. The number of aryl methyl sites for hydroxylation is 1. The van der Waals surface area contributed by atoms with E-state index in [1.165, 1.54) is 45.1 Å². The van der Waals surface area contributed by atoms with Crippen LogP contribution in [0.25, 0.3) is 0 Å². The summed E-state index contributed by atoms with van der Waals surface area (Å²) in [6, 6.07) is 9.59. The van der Waals surface area contributed by atoms with Crippen LogP contribution in [0.15, 0.2) is 24.3 Å². The molecular formula is C20H31N. The van der Waals surface area contributed by atoms with Gasteiger partial charge >= 0.3 is 0 Å². The van der Waals surface area contributed by atoms with Gasteiger partial charge in [-0.1, -0.05) is 57.9 Å². The van der Waals surface area contributed by atoms with Crippen molar-refractivity contribution in [2.45, 2.75) is 65.3 Å². The molecule has 1 atom stereocenters. The first-order valence-corrected chi connectivity index (χ1v) is 8.87. The van der Waals surface area contributed by atoms with Crippen LogP contribution in [0.3, 0.4) is 0 Å². The van der Waals surface area contributed by atoms with Gasteiger partial charge in [0.25, 0.3) is 0 Å². The van der Waals surface area contributed by atoms with Crippen LogP contribution in [-0.4, -0.2) is 6.54 Å². The Balaban J connectivity index is 1.68. The Labute approximate surface area is 130 Å². The van der Waals surface area contributed by atoms with Crippen LogP contribution in [0, 0.1) is 17.3 Å². The van der Waals surface area contributed by atoms with E-state index in [4.69, 9.17) is 0 Å². The maximum atomic E-state index is 3.95. The lowest BCUT2D eigenvalue weighted by Crippen LogP contribution is -2.40. The lowest BCUT2D eigenvalue weighted by molar-refractivity contribution is 0.189. The average molecular weight is 285 g/mol. The van der Waals surface area contributed by atoms with Crippen molar-refractivity contribution in [1.82, 2.24) is 5.32 Å². The molecule has 0 radical (unpaired) electrons. The highest BCUT2D eigenvalue weighted by Crippen LogP contribution is 2.43. The van der Waals surface area contributed by atoms with Gasteiger partial charge in [0, 0.05) is 6.04 Å². The van der Waals surface area contributed by atoms with Gasteiger partial charge in [0.2, 0.25) is 0 Å². The zero-order chi connectivity index (χ0) is 14.9. The van der Waals surface area contributed by atoms with E-state index < -0.39 is 0 Å². The summed E-state index contributed by atoms with van der Waals surface area (Å²) in [4.78, 5) is 0. The van der Waals surface area contributed by atoms with E-state index >= 15 is 0 Å². The number of hydrogen-bond donors (Lipinski definition) is 1. The van der Waals surface area contributed by atoms with E-state index in [0.29, 0.717) is 11.5 Å². The van der Waals surface area contributed by atoms with Crippen molar-refractivity contribution in [1.29, 1.82) is 0 Å². The molecule has 0 spiro atoms. The minimum atomic E-state index is 0.371. The van der Waals surface area contributed by atoms with Crippen molar-refractivity contribution in [2.75, 3.05) is 6.54 Å². The topological polar surface area (TPSA) is 12.0 Å². The monoisotopic (exact) mass is 285 g/mol. The normalized spacial score (nSPS) is 31.7. The molecule has 2 aliphatic rings. The van der Waals surface area contributed by atoms with E-state index in [-0.39, 0.29) is 0 Å². The fourth-order valence-electron chi connectivity index (χ4n) is 4.27. The van der Waals surface area contributed by atoms with Gasteiger partial charge < -0.3 is 5.32 Å². The molecule has 1 nitrogen and oxygen atoms in total. The average Bonchev–Trinajstić information content (AvgIpc) is 2.48. The molecule has 2 aliphatic carbocycles. The quantitative estimate of drug-likeness (QED) is 0.813. The third-order valence-electron chi connectivity index (χ3n) is 5.93. The highest BCUT2D eigenvalue weighted by Gasteiger charge is 2.35. The van der Waals surface area contributed by atoms with Crippen LogP contribution >= 0.6 is 0 Å². The SMILES string of the molecule is CC1CCC(CNC2c3ccccc3CCC2(C)C)CC1. The molecule has 0 bridgehead atoms. The second-order valence-electron chi connectivity index (χ2n) is 8.15. The van der Waals surface area contributed by atoms with Crippen LogP contribution in [0.4, 0.5) is 0 Å². The molecule has 1 aromatic carbocycles. The summed E-state index contributed by atoms with van der Waals surface area (Å²) in [7, 11) is 0. The fourth-order valence-corrected chi connectivity index (χ4v) is 4.27.